The van der Waals surface area contributed by atoms with E-state index in [2.05, 4.69) is 24.9 Å². The van der Waals surface area contributed by atoms with Gasteiger partial charge in [0.1, 0.15) is 10.7 Å². The largest absolute Gasteiger partial charge is 0.481 e. The van der Waals surface area contributed by atoms with Gasteiger partial charge in [0, 0.05) is 11.8 Å². The molecule has 102 valence electrons. The summed E-state index contributed by atoms with van der Waals surface area (Å²) in [4.78, 5) is 7.67. The Morgan fingerprint density at radius 2 is 2.16 bits per heavy atom. The fourth-order valence-electron chi connectivity index (χ4n) is 1.36. The summed E-state index contributed by atoms with van der Waals surface area (Å²) >= 11 is 0. The van der Waals surface area contributed by atoms with Crippen LogP contribution in [0.1, 0.15) is 5.69 Å². The van der Waals surface area contributed by atoms with E-state index in [9.17, 15) is 8.42 Å². The number of hydrogen-bond acceptors (Lipinski definition) is 7. The van der Waals surface area contributed by atoms with Gasteiger partial charge in [-0.25, -0.2) is 18.1 Å². The molecular formula is C9H12N6O3S. The van der Waals surface area contributed by atoms with Gasteiger partial charge < -0.3 is 10.5 Å². The van der Waals surface area contributed by atoms with E-state index in [1.165, 1.54) is 7.11 Å². The van der Waals surface area contributed by atoms with Crippen molar-refractivity contribution in [2.24, 2.45) is 0 Å². The summed E-state index contributed by atoms with van der Waals surface area (Å²) in [5.74, 6) is 0.0925. The monoisotopic (exact) mass is 284 g/mol. The van der Waals surface area contributed by atoms with Crippen molar-refractivity contribution in [2.75, 3.05) is 17.6 Å². The first-order valence-corrected chi connectivity index (χ1v) is 6.62. The summed E-state index contributed by atoms with van der Waals surface area (Å²) < 4.78 is 31.2. The molecule has 0 bridgehead atoms. The number of anilines is 2. The van der Waals surface area contributed by atoms with Crippen molar-refractivity contribution in [1.82, 2.24) is 20.2 Å². The fourth-order valence-corrected chi connectivity index (χ4v) is 2.33. The average molecular weight is 284 g/mol. The van der Waals surface area contributed by atoms with Gasteiger partial charge in [-0.05, 0) is 6.92 Å². The minimum atomic E-state index is -3.89. The van der Waals surface area contributed by atoms with Crippen LogP contribution in [0.15, 0.2) is 17.2 Å². The van der Waals surface area contributed by atoms with E-state index in [1.54, 1.807) is 13.0 Å². The number of sulfonamides is 1. The Kier molecular flexibility index (Phi) is 3.25. The maximum atomic E-state index is 12.0. The Morgan fingerprint density at radius 1 is 1.42 bits per heavy atom. The van der Waals surface area contributed by atoms with E-state index >= 15 is 0 Å². The lowest BCUT2D eigenvalue weighted by Gasteiger charge is -2.07. The van der Waals surface area contributed by atoms with Crippen LogP contribution in [0, 0.1) is 6.92 Å². The van der Waals surface area contributed by atoms with Gasteiger partial charge in [-0.1, -0.05) is 0 Å². The number of aromatic amines is 1. The van der Waals surface area contributed by atoms with Crippen LogP contribution in [-0.2, 0) is 10.0 Å². The summed E-state index contributed by atoms with van der Waals surface area (Å²) in [6, 6.07) is 1.57. The highest BCUT2D eigenvalue weighted by molar-refractivity contribution is 7.92. The maximum Gasteiger partial charge on any atom is 0.269 e. The number of nitrogen functional groups attached to an aromatic ring is 1. The minimum Gasteiger partial charge on any atom is -0.481 e. The molecule has 2 heterocycles. The topological polar surface area (TPSA) is 136 Å². The molecule has 9 nitrogen and oxygen atoms in total. The molecule has 0 radical (unpaired) electrons. The Bertz CT molecular complexity index is 696. The zero-order chi connectivity index (χ0) is 14.0. The molecule has 0 spiro atoms. The van der Waals surface area contributed by atoms with Gasteiger partial charge in [0.25, 0.3) is 10.0 Å². The molecule has 2 aromatic heterocycles. The Labute approximate surface area is 109 Å². The molecule has 10 heteroatoms. The third kappa shape index (κ3) is 2.73. The Hall–Kier alpha value is -2.36. The van der Waals surface area contributed by atoms with Crippen molar-refractivity contribution in [2.45, 2.75) is 11.8 Å². The highest BCUT2D eigenvalue weighted by Crippen LogP contribution is 2.18. The van der Waals surface area contributed by atoms with Crippen molar-refractivity contribution in [3.63, 3.8) is 0 Å². The lowest BCUT2D eigenvalue weighted by atomic mass is 10.4. The van der Waals surface area contributed by atoms with E-state index in [4.69, 9.17) is 10.5 Å². The van der Waals surface area contributed by atoms with Gasteiger partial charge >= 0.3 is 0 Å². The minimum absolute atomic E-state index is 0.0629. The van der Waals surface area contributed by atoms with Crippen LogP contribution in [0.4, 0.5) is 11.8 Å². The third-order valence-electron chi connectivity index (χ3n) is 2.19. The molecule has 2 rings (SSSR count). The van der Waals surface area contributed by atoms with Crippen LogP contribution >= 0.6 is 0 Å². The van der Waals surface area contributed by atoms with E-state index in [0.29, 0.717) is 5.69 Å². The number of hydrogen-bond donors (Lipinski definition) is 3. The second-order valence-corrected chi connectivity index (χ2v) is 5.28. The second-order valence-electron chi connectivity index (χ2n) is 3.63. The highest BCUT2D eigenvalue weighted by Gasteiger charge is 2.21. The highest BCUT2D eigenvalue weighted by atomic mass is 32.2. The predicted molar refractivity (Wildman–Crippen MR) is 67.1 cm³/mol. The van der Waals surface area contributed by atoms with Gasteiger partial charge in [0.05, 0.1) is 13.3 Å². The van der Waals surface area contributed by atoms with Crippen LogP contribution in [0.3, 0.4) is 0 Å². The average Bonchev–Trinajstić information content (AvgIpc) is 2.74. The molecule has 4 N–H and O–H groups in total. The first-order valence-electron chi connectivity index (χ1n) is 5.13. The molecule has 0 amide bonds. The number of nitrogens with zero attached hydrogens (tertiary/aromatic N) is 3. The van der Waals surface area contributed by atoms with Crippen molar-refractivity contribution in [1.29, 1.82) is 0 Å². The normalized spacial score (nSPS) is 11.3. The van der Waals surface area contributed by atoms with Gasteiger partial charge in [0.2, 0.25) is 11.8 Å². The van der Waals surface area contributed by atoms with Crippen molar-refractivity contribution in [3.05, 3.63) is 18.0 Å². The smallest absolute Gasteiger partial charge is 0.269 e. The van der Waals surface area contributed by atoms with E-state index in [1.807, 2.05) is 0 Å². The summed E-state index contributed by atoms with van der Waals surface area (Å²) in [6.45, 7) is 1.69. The van der Waals surface area contributed by atoms with Gasteiger partial charge in [-0.2, -0.15) is 10.1 Å². The Morgan fingerprint density at radius 3 is 2.74 bits per heavy atom. The molecule has 0 aliphatic heterocycles. The summed E-state index contributed by atoms with van der Waals surface area (Å²) in [7, 11) is -2.47. The van der Waals surface area contributed by atoms with Crippen LogP contribution < -0.4 is 15.2 Å². The Balaban J connectivity index is 2.36. The maximum absolute atomic E-state index is 12.0. The summed E-state index contributed by atoms with van der Waals surface area (Å²) in [5, 5.41) is 5.88. The zero-order valence-corrected chi connectivity index (χ0v) is 11.0. The van der Waals surface area contributed by atoms with Crippen LogP contribution in [0.5, 0.6) is 5.88 Å². The number of H-pyrrole nitrogens is 1. The number of ether oxygens (including phenoxy) is 1. The number of rotatable bonds is 4. The molecule has 0 aromatic carbocycles. The summed E-state index contributed by atoms with van der Waals surface area (Å²) in [5.41, 5.74) is 6.02. The molecule has 0 unspecified atom stereocenters. The first kappa shape index (κ1) is 13.1. The van der Waals surface area contributed by atoms with Crippen LogP contribution in [0.2, 0.25) is 0 Å². The van der Waals surface area contributed by atoms with Crippen molar-refractivity contribution < 1.29 is 13.2 Å². The quantitative estimate of drug-likeness (QED) is 0.713. The molecule has 0 atom stereocenters. The lowest BCUT2D eigenvalue weighted by Crippen LogP contribution is -2.16. The van der Waals surface area contributed by atoms with Crippen molar-refractivity contribution in [3.8, 4) is 5.88 Å². The van der Waals surface area contributed by atoms with Gasteiger partial charge in [0.15, 0.2) is 0 Å². The molecule has 19 heavy (non-hydrogen) atoms. The van der Waals surface area contributed by atoms with Crippen molar-refractivity contribution >= 4 is 21.8 Å². The first-order chi connectivity index (χ1) is 8.92. The zero-order valence-electron chi connectivity index (χ0n) is 10.2. The van der Waals surface area contributed by atoms with Crippen LogP contribution in [-0.4, -0.2) is 35.7 Å². The number of nitrogens with two attached hydrogens (primary N) is 1. The van der Waals surface area contributed by atoms with E-state index in [0.717, 1.165) is 6.20 Å². The number of aromatic nitrogens is 4. The number of aryl methyl sites for hydroxylation is 1. The second kappa shape index (κ2) is 4.72. The molecule has 0 saturated carbocycles. The van der Waals surface area contributed by atoms with E-state index < -0.39 is 10.0 Å². The molecular weight excluding hydrogens is 272 g/mol. The lowest BCUT2D eigenvalue weighted by molar-refractivity contribution is 0.397. The SMILES string of the molecule is COc1cc(C)nc(NS(=O)(=O)c2cn[nH]c2N)n1. The molecule has 0 fully saturated rings. The summed E-state index contributed by atoms with van der Waals surface area (Å²) in [6.07, 6.45) is 1.10. The van der Waals surface area contributed by atoms with Gasteiger partial charge in [-0.15, -0.1) is 0 Å². The fraction of sp³-hybridized carbons (Fsp3) is 0.222. The number of nitrogens with one attached hydrogen (secondary N) is 2. The van der Waals surface area contributed by atoms with Crippen LogP contribution in [0.25, 0.3) is 0 Å². The third-order valence-corrected chi connectivity index (χ3v) is 3.54. The molecule has 0 saturated heterocycles. The molecule has 2 aromatic rings. The predicted octanol–water partition coefficient (Wildman–Crippen LogP) is -0.100. The number of methoxy groups -OCH3 is 1. The van der Waals surface area contributed by atoms with Gasteiger partial charge in [-0.3, -0.25) is 5.10 Å². The standard InChI is InChI=1S/C9H12N6O3S/c1-5-3-7(18-2)13-9(12-5)15-19(16,17)6-4-11-14-8(6)10/h3-4H,1-2H3,(H3,10,11,14)(H,12,13,15). The van der Waals surface area contributed by atoms with E-state index in [-0.39, 0.29) is 22.5 Å². The molecule has 0 aliphatic carbocycles. The molecule has 0 aliphatic rings.